The molecule has 0 aliphatic heterocycles. The minimum atomic E-state index is -0.534. The van der Waals surface area contributed by atoms with Gasteiger partial charge in [0.1, 0.15) is 0 Å². The number of halogens is 1. The number of hydrogen-bond acceptors (Lipinski definition) is 4. The van der Waals surface area contributed by atoms with E-state index < -0.39 is 5.82 Å². The third kappa shape index (κ3) is 2.98. The molecule has 0 saturated carbocycles. The molecule has 7 heteroatoms. The molecule has 0 fully saturated rings. The van der Waals surface area contributed by atoms with Gasteiger partial charge in [-0.05, 0) is 25.0 Å². The van der Waals surface area contributed by atoms with E-state index in [9.17, 15) is 9.18 Å². The molecule has 3 rings (SSSR count). The molecule has 1 aromatic heterocycles. The number of aromatic amines is 1. The average Bonchev–Trinajstić information content (AvgIpc) is 3.00. The molecule has 1 aliphatic carbocycles. The number of H-pyrrole nitrogens is 1. The van der Waals surface area contributed by atoms with Crippen molar-refractivity contribution >= 4 is 17.3 Å². The molecule has 2 aromatic rings. The van der Waals surface area contributed by atoms with Gasteiger partial charge in [0.05, 0.1) is 25.5 Å². The second-order valence-corrected chi connectivity index (χ2v) is 5.32. The van der Waals surface area contributed by atoms with Crippen LogP contribution in [0.2, 0.25) is 0 Å². The van der Waals surface area contributed by atoms with Crippen LogP contribution in [-0.4, -0.2) is 25.1 Å². The third-order valence-corrected chi connectivity index (χ3v) is 3.84. The number of allylic oxidation sites excluding steroid dienone is 1. The van der Waals surface area contributed by atoms with Gasteiger partial charge in [-0.1, -0.05) is 6.08 Å². The zero-order valence-electron chi connectivity index (χ0n) is 13.4. The number of rotatable bonds is 5. The van der Waals surface area contributed by atoms with E-state index in [1.165, 1.54) is 26.4 Å². The van der Waals surface area contributed by atoms with Gasteiger partial charge in [0, 0.05) is 29.2 Å². The van der Waals surface area contributed by atoms with Gasteiger partial charge in [-0.2, -0.15) is 0 Å². The molecule has 1 aromatic carbocycles. The normalized spacial score (nSPS) is 13.0. The fourth-order valence-electron chi connectivity index (χ4n) is 2.76. The number of ether oxygens (including phenoxy) is 1. The maximum Gasteiger partial charge on any atom is 0.257 e. The van der Waals surface area contributed by atoms with Crippen molar-refractivity contribution in [3.63, 3.8) is 0 Å². The first-order valence-electron chi connectivity index (χ1n) is 7.48. The first kappa shape index (κ1) is 16.1. The lowest BCUT2D eigenvalue weighted by Crippen LogP contribution is -2.19. The van der Waals surface area contributed by atoms with Crippen LogP contribution < -0.4 is 15.5 Å². The summed E-state index contributed by atoms with van der Waals surface area (Å²) in [5.74, 6) is -0.739. The van der Waals surface area contributed by atoms with Crippen molar-refractivity contribution in [1.82, 2.24) is 10.5 Å². The molecule has 3 N–H and O–H groups in total. The molecule has 0 unspecified atom stereocenters. The summed E-state index contributed by atoms with van der Waals surface area (Å²) < 4.78 is 18.6. The number of nitrogens with one attached hydrogen (secondary N) is 3. The van der Waals surface area contributed by atoms with Crippen LogP contribution in [0.1, 0.15) is 28.0 Å². The van der Waals surface area contributed by atoms with E-state index in [1.807, 2.05) is 6.08 Å². The van der Waals surface area contributed by atoms with E-state index in [2.05, 4.69) is 15.8 Å². The Morgan fingerprint density at radius 2 is 2.17 bits per heavy atom. The van der Waals surface area contributed by atoms with Gasteiger partial charge in [-0.25, -0.2) is 4.39 Å². The number of hydroxylamine groups is 1. The Hall–Kier alpha value is -2.80. The van der Waals surface area contributed by atoms with Crippen LogP contribution in [0.5, 0.6) is 5.75 Å². The molecule has 0 atom stereocenters. The molecule has 0 bridgehead atoms. The number of benzene rings is 1. The van der Waals surface area contributed by atoms with E-state index in [0.29, 0.717) is 11.3 Å². The van der Waals surface area contributed by atoms with Gasteiger partial charge < -0.3 is 15.0 Å². The summed E-state index contributed by atoms with van der Waals surface area (Å²) >= 11 is 0. The highest BCUT2D eigenvalue weighted by molar-refractivity contribution is 6.07. The molecular weight excluding hydrogens is 313 g/mol. The van der Waals surface area contributed by atoms with Crippen molar-refractivity contribution in [2.45, 2.75) is 12.8 Å². The van der Waals surface area contributed by atoms with Crippen LogP contribution in [-0.2, 0) is 11.3 Å². The second kappa shape index (κ2) is 6.76. The van der Waals surface area contributed by atoms with Crippen molar-refractivity contribution in [2.24, 2.45) is 0 Å². The molecule has 1 aliphatic rings. The van der Waals surface area contributed by atoms with Gasteiger partial charge in [0.15, 0.2) is 11.6 Å². The molecule has 0 radical (unpaired) electrons. The zero-order valence-corrected chi connectivity index (χ0v) is 13.4. The Morgan fingerprint density at radius 3 is 2.88 bits per heavy atom. The minimum absolute atomic E-state index is 0.126. The minimum Gasteiger partial charge on any atom is -0.494 e. The number of amides is 1. The Bertz CT molecular complexity index is 798. The van der Waals surface area contributed by atoms with E-state index in [-0.39, 0.29) is 11.7 Å². The predicted octanol–water partition coefficient (Wildman–Crippen LogP) is 2.85. The monoisotopic (exact) mass is 331 g/mol. The Balaban J connectivity index is 1.86. The largest absolute Gasteiger partial charge is 0.494 e. The van der Waals surface area contributed by atoms with Crippen LogP contribution >= 0.6 is 0 Å². The lowest BCUT2D eigenvalue weighted by Gasteiger charge is -2.16. The molecule has 1 amide bonds. The highest BCUT2D eigenvalue weighted by Gasteiger charge is 2.23. The molecule has 6 nitrogen and oxygen atoms in total. The maximum absolute atomic E-state index is 13.8. The number of carbonyl (C=O) groups is 1. The second-order valence-electron chi connectivity index (χ2n) is 5.32. The Kier molecular flexibility index (Phi) is 4.52. The maximum atomic E-state index is 13.8. The van der Waals surface area contributed by atoms with Gasteiger partial charge in [0.25, 0.3) is 5.91 Å². The fourth-order valence-corrected chi connectivity index (χ4v) is 2.76. The number of aryl methyl sites for hydroxylation is 1. The molecule has 0 spiro atoms. The fraction of sp³-hybridized carbons (Fsp3) is 0.235. The molecule has 0 saturated heterocycles. The first-order chi connectivity index (χ1) is 11.6. The number of carbonyl (C=O) groups excluding carboxylic acids is 1. The quantitative estimate of drug-likeness (QED) is 0.737. The topological polar surface area (TPSA) is 75.4 Å². The first-order valence-corrected chi connectivity index (χ1v) is 7.48. The average molecular weight is 331 g/mol. The van der Waals surface area contributed by atoms with Gasteiger partial charge >= 0.3 is 0 Å². The van der Waals surface area contributed by atoms with Crippen LogP contribution in [0.3, 0.4) is 0 Å². The highest BCUT2D eigenvalue weighted by atomic mass is 19.1. The molecule has 1 heterocycles. The number of methoxy groups -OCH3 is 1. The molecular formula is C17H18FN3O3. The van der Waals surface area contributed by atoms with Crippen LogP contribution in [0, 0.1) is 5.82 Å². The predicted molar refractivity (Wildman–Crippen MR) is 88.1 cm³/mol. The summed E-state index contributed by atoms with van der Waals surface area (Å²) in [5.41, 5.74) is 6.10. The van der Waals surface area contributed by atoms with Crippen molar-refractivity contribution in [3.05, 3.63) is 53.1 Å². The number of fused-ring (bicyclic) bond motifs is 1. The third-order valence-electron chi connectivity index (χ3n) is 3.84. The molecule has 126 valence electrons. The van der Waals surface area contributed by atoms with Crippen molar-refractivity contribution < 1.29 is 18.8 Å². The van der Waals surface area contributed by atoms with Crippen LogP contribution in [0.4, 0.5) is 10.1 Å². The Morgan fingerprint density at radius 1 is 1.33 bits per heavy atom. The zero-order chi connectivity index (χ0) is 17.1. The lowest BCUT2D eigenvalue weighted by molar-refractivity contribution is 0.102. The van der Waals surface area contributed by atoms with Crippen LogP contribution in [0.25, 0.3) is 5.70 Å². The van der Waals surface area contributed by atoms with Crippen molar-refractivity contribution in [1.29, 1.82) is 0 Å². The lowest BCUT2D eigenvalue weighted by atomic mass is 9.98. The SMILES string of the molecule is CONC1=CCCc2[nH]cc(C(=O)Nc3ccc(OC)c(F)c3)c21. The summed E-state index contributed by atoms with van der Waals surface area (Å²) in [7, 11) is 2.90. The van der Waals surface area contributed by atoms with Crippen LogP contribution in [0.15, 0.2) is 30.5 Å². The summed E-state index contributed by atoms with van der Waals surface area (Å²) in [6, 6.07) is 4.28. The standard InChI is InChI=1S/C17H18FN3O3/c1-23-15-7-6-10(8-12(15)18)20-17(22)11-9-19-13-4-3-5-14(16(11)13)21-24-2/h5-9,19,21H,3-4H2,1-2H3,(H,20,22). The van der Waals surface area contributed by atoms with Crippen molar-refractivity contribution in [3.8, 4) is 5.75 Å². The summed E-state index contributed by atoms with van der Waals surface area (Å²) in [5, 5.41) is 2.70. The van der Waals surface area contributed by atoms with Gasteiger partial charge in [-0.15, -0.1) is 0 Å². The number of aromatic nitrogens is 1. The van der Waals surface area contributed by atoms with Gasteiger partial charge in [0.2, 0.25) is 0 Å². The number of hydrogen-bond donors (Lipinski definition) is 3. The van der Waals surface area contributed by atoms with E-state index in [4.69, 9.17) is 9.57 Å². The van der Waals surface area contributed by atoms with E-state index in [1.54, 1.807) is 12.3 Å². The number of anilines is 1. The Labute approximate surface area is 138 Å². The van der Waals surface area contributed by atoms with E-state index >= 15 is 0 Å². The van der Waals surface area contributed by atoms with E-state index in [0.717, 1.165) is 29.8 Å². The summed E-state index contributed by atoms with van der Waals surface area (Å²) in [4.78, 5) is 20.7. The smallest absolute Gasteiger partial charge is 0.257 e. The molecule has 24 heavy (non-hydrogen) atoms. The summed E-state index contributed by atoms with van der Waals surface area (Å²) in [6.07, 6.45) is 5.29. The van der Waals surface area contributed by atoms with Crippen molar-refractivity contribution in [2.75, 3.05) is 19.5 Å². The van der Waals surface area contributed by atoms with Gasteiger partial charge in [-0.3, -0.25) is 15.1 Å². The summed E-state index contributed by atoms with van der Waals surface area (Å²) in [6.45, 7) is 0. The highest BCUT2D eigenvalue weighted by Crippen LogP contribution is 2.28.